The molecule has 0 aromatic carbocycles. The summed E-state index contributed by atoms with van der Waals surface area (Å²) in [5.41, 5.74) is 0. The summed E-state index contributed by atoms with van der Waals surface area (Å²) in [4.78, 5) is 0. The standard InChI is InChI=1S/C12H21Cl/c13-12-9-5-4-8-11(12)10-6-2-1-3-7-10/h10-12H,1-9H2. The van der Waals surface area contributed by atoms with Crippen LogP contribution in [-0.2, 0) is 0 Å². The highest BCUT2D eigenvalue weighted by Gasteiger charge is 2.30. The molecular formula is C12H21Cl. The van der Waals surface area contributed by atoms with Gasteiger partial charge in [0.1, 0.15) is 0 Å². The van der Waals surface area contributed by atoms with Crippen LogP contribution in [0.15, 0.2) is 0 Å². The van der Waals surface area contributed by atoms with E-state index >= 15 is 0 Å². The van der Waals surface area contributed by atoms with Gasteiger partial charge < -0.3 is 0 Å². The number of hydrogen-bond donors (Lipinski definition) is 0. The second kappa shape index (κ2) is 4.68. The van der Waals surface area contributed by atoms with E-state index in [2.05, 4.69) is 0 Å². The zero-order valence-electron chi connectivity index (χ0n) is 8.47. The van der Waals surface area contributed by atoms with Gasteiger partial charge in [-0.15, -0.1) is 11.6 Å². The van der Waals surface area contributed by atoms with Crippen molar-refractivity contribution in [2.75, 3.05) is 0 Å². The monoisotopic (exact) mass is 200 g/mol. The topological polar surface area (TPSA) is 0 Å². The van der Waals surface area contributed by atoms with E-state index in [1.807, 2.05) is 0 Å². The van der Waals surface area contributed by atoms with Crippen molar-refractivity contribution in [3.8, 4) is 0 Å². The zero-order chi connectivity index (χ0) is 9.10. The number of rotatable bonds is 1. The predicted molar refractivity (Wildman–Crippen MR) is 58.2 cm³/mol. The second-order valence-corrected chi connectivity index (χ2v) is 5.42. The third-order valence-electron chi connectivity index (χ3n) is 3.99. The largest absolute Gasteiger partial charge is 0.123 e. The van der Waals surface area contributed by atoms with Crippen LogP contribution < -0.4 is 0 Å². The van der Waals surface area contributed by atoms with Crippen molar-refractivity contribution in [2.45, 2.75) is 63.2 Å². The molecule has 2 aliphatic rings. The molecule has 0 aliphatic heterocycles. The Labute approximate surface area is 87.0 Å². The van der Waals surface area contributed by atoms with Crippen LogP contribution in [0.3, 0.4) is 0 Å². The van der Waals surface area contributed by atoms with Gasteiger partial charge in [-0.1, -0.05) is 44.9 Å². The minimum Gasteiger partial charge on any atom is -0.123 e. The molecule has 0 heterocycles. The third kappa shape index (κ3) is 2.40. The molecular weight excluding hydrogens is 180 g/mol. The van der Waals surface area contributed by atoms with Gasteiger partial charge in [-0.2, -0.15) is 0 Å². The van der Waals surface area contributed by atoms with Crippen LogP contribution in [0.2, 0.25) is 0 Å². The molecule has 0 radical (unpaired) electrons. The highest BCUT2D eigenvalue weighted by atomic mass is 35.5. The van der Waals surface area contributed by atoms with Crippen molar-refractivity contribution in [1.82, 2.24) is 0 Å². The van der Waals surface area contributed by atoms with Gasteiger partial charge >= 0.3 is 0 Å². The van der Waals surface area contributed by atoms with Crippen molar-refractivity contribution in [2.24, 2.45) is 11.8 Å². The first-order valence-electron chi connectivity index (χ1n) is 6.02. The Morgan fingerprint density at radius 2 is 1.31 bits per heavy atom. The summed E-state index contributed by atoms with van der Waals surface area (Å²) in [6.45, 7) is 0. The van der Waals surface area contributed by atoms with Gasteiger partial charge in [-0.25, -0.2) is 0 Å². The second-order valence-electron chi connectivity index (χ2n) is 4.86. The first-order valence-corrected chi connectivity index (χ1v) is 6.45. The summed E-state index contributed by atoms with van der Waals surface area (Å²) < 4.78 is 0. The summed E-state index contributed by atoms with van der Waals surface area (Å²) in [5, 5.41) is 0.511. The maximum absolute atomic E-state index is 6.42. The molecule has 0 saturated heterocycles. The Morgan fingerprint density at radius 1 is 0.692 bits per heavy atom. The van der Waals surface area contributed by atoms with Gasteiger partial charge in [0.2, 0.25) is 0 Å². The van der Waals surface area contributed by atoms with Crippen LogP contribution in [0.25, 0.3) is 0 Å². The highest BCUT2D eigenvalue weighted by molar-refractivity contribution is 6.20. The van der Waals surface area contributed by atoms with Crippen LogP contribution in [0.4, 0.5) is 0 Å². The lowest BCUT2D eigenvalue weighted by Gasteiger charge is -2.36. The lowest BCUT2D eigenvalue weighted by Crippen LogP contribution is -2.28. The Morgan fingerprint density at radius 3 is 2.00 bits per heavy atom. The van der Waals surface area contributed by atoms with Crippen molar-refractivity contribution in [3.63, 3.8) is 0 Å². The minimum absolute atomic E-state index is 0.511. The number of hydrogen-bond acceptors (Lipinski definition) is 0. The van der Waals surface area contributed by atoms with Gasteiger partial charge in [-0.3, -0.25) is 0 Å². The molecule has 2 saturated carbocycles. The highest BCUT2D eigenvalue weighted by Crippen LogP contribution is 2.40. The van der Waals surface area contributed by atoms with E-state index in [4.69, 9.17) is 11.6 Å². The van der Waals surface area contributed by atoms with Gasteiger partial charge in [0.15, 0.2) is 0 Å². The summed E-state index contributed by atoms with van der Waals surface area (Å²) in [6.07, 6.45) is 12.8. The fraction of sp³-hybridized carbons (Fsp3) is 1.00. The molecule has 0 spiro atoms. The smallest absolute Gasteiger partial charge is 0.0366 e. The van der Waals surface area contributed by atoms with Crippen LogP contribution in [0.5, 0.6) is 0 Å². The van der Waals surface area contributed by atoms with Crippen molar-refractivity contribution in [3.05, 3.63) is 0 Å². The third-order valence-corrected chi connectivity index (χ3v) is 4.53. The van der Waals surface area contributed by atoms with E-state index in [0.29, 0.717) is 5.38 Å². The lowest BCUT2D eigenvalue weighted by molar-refractivity contribution is 0.200. The van der Waals surface area contributed by atoms with E-state index in [1.165, 1.54) is 57.8 Å². The van der Waals surface area contributed by atoms with Crippen LogP contribution in [0, 0.1) is 11.8 Å². The molecule has 2 unspecified atom stereocenters. The first kappa shape index (κ1) is 9.83. The molecule has 0 aromatic rings. The Hall–Kier alpha value is 0.290. The maximum Gasteiger partial charge on any atom is 0.0366 e. The Bertz CT molecular complexity index is 149. The number of alkyl halides is 1. The molecule has 2 rings (SSSR count). The molecule has 76 valence electrons. The van der Waals surface area contributed by atoms with Gasteiger partial charge in [0, 0.05) is 5.38 Å². The molecule has 0 nitrogen and oxygen atoms in total. The lowest BCUT2D eigenvalue weighted by atomic mass is 9.73. The van der Waals surface area contributed by atoms with E-state index in [0.717, 1.165) is 11.8 Å². The number of halogens is 1. The average molecular weight is 201 g/mol. The summed E-state index contributed by atoms with van der Waals surface area (Å²) >= 11 is 6.42. The van der Waals surface area contributed by atoms with Gasteiger partial charge in [0.05, 0.1) is 0 Å². The predicted octanol–water partition coefficient (Wildman–Crippen LogP) is 4.36. The van der Waals surface area contributed by atoms with E-state index in [9.17, 15) is 0 Å². The maximum atomic E-state index is 6.42. The molecule has 0 N–H and O–H groups in total. The van der Waals surface area contributed by atoms with Crippen LogP contribution in [0.1, 0.15) is 57.8 Å². The summed E-state index contributed by atoms with van der Waals surface area (Å²) in [5.74, 6) is 1.85. The zero-order valence-corrected chi connectivity index (χ0v) is 9.23. The van der Waals surface area contributed by atoms with Crippen LogP contribution in [-0.4, -0.2) is 5.38 Å². The fourth-order valence-electron chi connectivity index (χ4n) is 3.21. The van der Waals surface area contributed by atoms with Crippen molar-refractivity contribution >= 4 is 11.6 Å². The van der Waals surface area contributed by atoms with Gasteiger partial charge in [0.25, 0.3) is 0 Å². The summed E-state index contributed by atoms with van der Waals surface area (Å²) in [6, 6.07) is 0. The quantitative estimate of drug-likeness (QED) is 0.552. The van der Waals surface area contributed by atoms with E-state index < -0.39 is 0 Å². The van der Waals surface area contributed by atoms with Crippen molar-refractivity contribution < 1.29 is 0 Å². The molecule has 0 aromatic heterocycles. The SMILES string of the molecule is ClC1CCCCC1C1CCCCC1. The average Bonchev–Trinajstić information content (AvgIpc) is 2.20. The first-order chi connectivity index (χ1) is 6.38. The molecule has 2 atom stereocenters. The molecule has 2 aliphatic carbocycles. The molecule has 1 heteroatoms. The molecule has 0 amide bonds. The van der Waals surface area contributed by atoms with E-state index in [-0.39, 0.29) is 0 Å². The molecule has 13 heavy (non-hydrogen) atoms. The Balaban J connectivity index is 1.88. The van der Waals surface area contributed by atoms with Crippen molar-refractivity contribution in [1.29, 1.82) is 0 Å². The minimum atomic E-state index is 0.511. The fourth-order valence-corrected chi connectivity index (χ4v) is 3.69. The molecule has 0 bridgehead atoms. The summed E-state index contributed by atoms with van der Waals surface area (Å²) in [7, 11) is 0. The normalized spacial score (nSPS) is 37.6. The Kier molecular flexibility index (Phi) is 3.54. The van der Waals surface area contributed by atoms with Crippen LogP contribution >= 0.6 is 11.6 Å². The molecule has 2 fully saturated rings. The van der Waals surface area contributed by atoms with E-state index in [1.54, 1.807) is 0 Å². The van der Waals surface area contributed by atoms with Gasteiger partial charge in [-0.05, 0) is 24.7 Å².